The first-order valence-corrected chi connectivity index (χ1v) is 15.5. The molecule has 0 spiro atoms. The zero-order valence-electron chi connectivity index (χ0n) is 23.8. The van der Waals surface area contributed by atoms with Crippen molar-refractivity contribution < 1.29 is 22.4 Å². The summed E-state index contributed by atoms with van der Waals surface area (Å²) < 4.78 is 43.5. The molecule has 0 aliphatic heterocycles. The number of para-hydroxylation sites is 1. The number of aryl methyl sites for hydroxylation is 2. The minimum atomic E-state index is -4.33. The molecule has 1 atom stereocenters. The molecular formula is C32H38FN3O4S. The average molecular weight is 580 g/mol. The van der Waals surface area contributed by atoms with Crippen molar-refractivity contribution in [3.63, 3.8) is 0 Å². The lowest BCUT2D eigenvalue weighted by Crippen LogP contribution is -2.53. The summed E-state index contributed by atoms with van der Waals surface area (Å²) in [5.41, 5.74) is 2.39. The number of rotatable bonds is 10. The van der Waals surface area contributed by atoms with Crippen LogP contribution in [0, 0.1) is 19.7 Å². The predicted molar refractivity (Wildman–Crippen MR) is 158 cm³/mol. The van der Waals surface area contributed by atoms with Crippen molar-refractivity contribution in [3.8, 4) is 0 Å². The second-order valence-corrected chi connectivity index (χ2v) is 12.6. The van der Waals surface area contributed by atoms with Gasteiger partial charge in [-0.25, -0.2) is 12.8 Å². The number of carbonyl (C=O) groups excluding carboxylic acids is 2. The fourth-order valence-electron chi connectivity index (χ4n) is 5.13. The first-order chi connectivity index (χ1) is 19.6. The molecule has 41 heavy (non-hydrogen) atoms. The van der Waals surface area contributed by atoms with Gasteiger partial charge in [-0.05, 0) is 69.0 Å². The first kappa shape index (κ1) is 30.2. The number of nitrogens with one attached hydrogen (secondary N) is 1. The van der Waals surface area contributed by atoms with Crippen LogP contribution in [0.3, 0.4) is 0 Å². The number of halogens is 1. The Morgan fingerprint density at radius 3 is 2.22 bits per heavy atom. The Labute approximate surface area is 242 Å². The highest BCUT2D eigenvalue weighted by molar-refractivity contribution is 7.92. The standard InChI is InChI=1S/C32H38FN3O4S/c1-23-17-19-28(20-18-23)41(39,40)36(30-16-10-9-15-29(30)33)22-31(37)35(21-26-12-8-7-11-24(26)2)25(3)32(38)34-27-13-5-4-6-14-27/h7-12,15-20,25,27H,4-6,13-14,21-22H2,1-3H3,(H,34,38)/t25-/m0/s1. The normalized spacial score (nSPS) is 14.7. The monoisotopic (exact) mass is 579 g/mol. The van der Waals surface area contributed by atoms with Gasteiger partial charge < -0.3 is 10.2 Å². The fourth-order valence-corrected chi connectivity index (χ4v) is 6.55. The molecule has 0 saturated heterocycles. The number of nitrogens with zero attached hydrogens (tertiary/aromatic N) is 2. The molecule has 3 aromatic carbocycles. The van der Waals surface area contributed by atoms with E-state index in [1.165, 1.54) is 35.2 Å². The van der Waals surface area contributed by atoms with Crippen LogP contribution in [0.25, 0.3) is 0 Å². The molecule has 0 aromatic heterocycles. The van der Waals surface area contributed by atoms with E-state index in [1.54, 1.807) is 19.1 Å². The van der Waals surface area contributed by atoms with Crippen LogP contribution < -0.4 is 9.62 Å². The molecule has 1 aliphatic carbocycles. The van der Waals surface area contributed by atoms with Crippen molar-refractivity contribution in [2.75, 3.05) is 10.8 Å². The van der Waals surface area contributed by atoms with Crippen molar-refractivity contribution in [2.24, 2.45) is 0 Å². The maximum absolute atomic E-state index is 15.1. The molecular weight excluding hydrogens is 541 g/mol. The number of hydrogen-bond acceptors (Lipinski definition) is 4. The van der Waals surface area contributed by atoms with E-state index in [9.17, 15) is 18.0 Å². The molecule has 1 saturated carbocycles. The highest BCUT2D eigenvalue weighted by atomic mass is 32.2. The molecule has 7 nitrogen and oxygen atoms in total. The summed E-state index contributed by atoms with van der Waals surface area (Å²) in [5, 5.41) is 3.09. The number of sulfonamides is 1. The van der Waals surface area contributed by atoms with E-state index >= 15 is 4.39 Å². The maximum Gasteiger partial charge on any atom is 0.264 e. The molecule has 2 amide bonds. The Morgan fingerprint density at radius 1 is 0.927 bits per heavy atom. The molecule has 4 rings (SSSR count). The maximum atomic E-state index is 15.1. The van der Waals surface area contributed by atoms with Crippen LogP contribution in [0.5, 0.6) is 0 Å². The molecule has 0 heterocycles. The van der Waals surface area contributed by atoms with E-state index in [-0.39, 0.29) is 29.1 Å². The topological polar surface area (TPSA) is 86.8 Å². The summed E-state index contributed by atoms with van der Waals surface area (Å²) in [6.45, 7) is 4.82. The summed E-state index contributed by atoms with van der Waals surface area (Å²) in [4.78, 5) is 28.8. The Bertz CT molecular complexity index is 1470. The zero-order valence-corrected chi connectivity index (χ0v) is 24.7. The summed E-state index contributed by atoms with van der Waals surface area (Å²) in [7, 11) is -4.33. The Hall–Kier alpha value is -3.72. The van der Waals surface area contributed by atoms with Gasteiger partial charge in [0, 0.05) is 12.6 Å². The molecule has 0 bridgehead atoms. The van der Waals surface area contributed by atoms with Crippen LogP contribution in [0.15, 0.2) is 77.7 Å². The van der Waals surface area contributed by atoms with E-state index < -0.39 is 34.3 Å². The van der Waals surface area contributed by atoms with Gasteiger partial charge in [-0.3, -0.25) is 13.9 Å². The van der Waals surface area contributed by atoms with Gasteiger partial charge in [0.05, 0.1) is 10.6 Å². The summed E-state index contributed by atoms with van der Waals surface area (Å²) >= 11 is 0. The molecule has 1 N–H and O–H groups in total. The van der Waals surface area contributed by atoms with E-state index in [4.69, 9.17) is 0 Å². The van der Waals surface area contributed by atoms with Crippen LogP contribution in [0.2, 0.25) is 0 Å². The number of anilines is 1. The lowest BCUT2D eigenvalue weighted by Gasteiger charge is -2.33. The lowest BCUT2D eigenvalue weighted by molar-refractivity contribution is -0.139. The molecule has 3 aromatic rings. The third-order valence-electron chi connectivity index (χ3n) is 7.73. The predicted octanol–water partition coefficient (Wildman–Crippen LogP) is 5.50. The van der Waals surface area contributed by atoms with Crippen LogP contribution in [-0.2, 0) is 26.2 Å². The van der Waals surface area contributed by atoms with E-state index in [0.29, 0.717) is 0 Å². The number of amides is 2. The highest BCUT2D eigenvalue weighted by Gasteiger charge is 2.34. The molecule has 1 aliphatic rings. The van der Waals surface area contributed by atoms with Crippen LogP contribution >= 0.6 is 0 Å². The number of hydrogen-bond donors (Lipinski definition) is 1. The molecule has 218 valence electrons. The number of carbonyl (C=O) groups is 2. The Balaban J connectivity index is 1.69. The third-order valence-corrected chi connectivity index (χ3v) is 9.50. The second-order valence-electron chi connectivity index (χ2n) is 10.7. The first-order valence-electron chi connectivity index (χ1n) is 14.1. The lowest BCUT2D eigenvalue weighted by atomic mass is 9.95. The summed E-state index contributed by atoms with van der Waals surface area (Å²) in [6, 6.07) is 18.3. The minimum absolute atomic E-state index is 0.0472. The summed E-state index contributed by atoms with van der Waals surface area (Å²) in [5.74, 6) is -1.68. The van der Waals surface area contributed by atoms with Gasteiger partial charge in [-0.1, -0.05) is 73.4 Å². The summed E-state index contributed by atoms with van der Waals surface area (Å²) in [6.07, 6.45) is 5.00. The molecule has 0 unspecified atom stereocenters. The zero-order chi connectivity index (χ0) is 29.6. The Morgan fingerprint density at radius 2 is 1.56 bits per heavy atom. The molecule has 0 radical (unpaired) electrons. The highest BCUT2D eigenvalue weighted by Crippen LogP contribution is 2.27. The van der Waals surface area contributed by atoms with Gasteiger partial charge in [0.15, 0.2) is 0 Å². The Kier molecular flexibility index (Phi) is 9.81. The second kappa shape index (κ2) is 13.3. The van der Waals surface area contributed by atoms with Gasteiger partial charge >= 0.3 is 0 Å². The van der Waals surface area contributed by atoms with Crippen LogP contribution in [-0.4, -0.2) is 43.8 Å². The third kappa shape index (κ3) is 7.33. The fraction of sp³-hybridized carbons (Fsp3) is 0.375. The van der Waals surface area contributed by atoms with Crippen molar-refractivity contribution in [1.82, 2.24) is 10.2 Å². The number of benzene rings is 3. The van der Waals surface area contributed by atoms with Gasteiger partial charge in [0.1, 0.15) is 18.4 Å². The van der Waals surface area contributed by atoms with E-state index in [1.807, 2.05) is 38.1 Å². The quantitative estimate of drug-likeness (QED) is 0.344. The van der Waals surface area contributed by atoms with Gasteiger partial charge in [-0.2, -0.15) is 0 Å². The largest absolute Gasteiger partial charge is 0.352 e. The smallest absolute Gasteiger partial charge is 0.264 e. The van der Waals surface area contributed by atoms with Crippen LogP contribution in [0.4, 0.5) is 10.1 Å². The van der Waals surface area contributed by atoms with E-state index in [0.717, 1.165) is 59.2 Å². The molecule has 9 heteroatoms. The SMILES string of the molecule is Cc1ccc(S(=O)(=O)N(CC(=O)N(Cc2ccccc2C)[C@@H](C)C(=O)NC2CCCCC2)c2ccccc2F)cc1. The van der Waals surface area contributed by atoms with Gasteiger partial charge in [0.25, 0.3) is 10.0 Å². The van der Waals surface area contributed by atoms with E-state index in [2.05, 4.69) is 5.32 Å². The molecule has 1 fully saturated rings. The minimum Gasteiger partial charge on any atom is -0.352 e. The van der Waals surface area contributed by atoms with Gasteiger partial charge in [0.2, 0.25) is 11.8 Å². The van der Waals surface area contributed by atoms with Crippen LogP contribution in [0.1, 0.15) is 55.7 Å². The van der Waals surface area contributed by atoms with Crippen molar-refractivity contribution in [2.45, 2.75) is 76.4 Å². The van der Waals surface area contributed by atoms with Gasteiger partial charge in [-0.15, -0.1) is 0 Å². The van der Waals surface area contributed by atoms with Crippen molar-refractivity contribution in [3.05, 3.63) is 95.3 Å². The average Bonchev–Trinajstić information content (AvgIpc) is 2.96. The van der Waals surface area contributed by atoms with Crippen molar-refractivity contribution >= 4 is 27.5 Å². The van der Waals surface area contributed by atoms with Crippen molar-refractivity contribution in [1.29, 1.82) is 0 Å².